The molecule has 0 unspecified atom stereocenters. The lowest BCUT2D eigenvalue weighted by Crippen LogP contribution is -2.54. The molecule has 0 aromatic carbocycles. The van der Waals surface area contributed by atoms with Gasteiger partial charge < -0.3 is 9.84 Å². The predicted octanol–water partition coefficient (Wildman–Crippen LogP) is 4.32. The van der Waals surface area contributed by atoms with Gasteiger partial charge in [0, 0.05) is 12.3 Å². The number of rotatable bonds is 1. The Kier molecular flexibility index (Phi) is 4.02. The molecule has 4 aliphatic rings. The lowest BCUT2D eigenvalue weighted by atomic mass is 9.45. The standard InChI is InChI=1S/C21H34O3/c1-13(22)24-19-7-6-17-16-5-4-14-12-15(23)8-10-20(14,2)18(16)9-11-21(17,19)3/h14-19,23H,4-12H2,1-3H3/t14-,15+,16-,17-,18-,19-,20-,21-/m0/s1. The summed E-state index contributed by atoms with van der Waals surface area (Å²) in [4.78, 5) is 11.5. The molecule has 0 aromatic heterocycles. The SMILES string of the molecule is CC(=O)O[C@H]1CC[C@H]2[C@@H]3CC[C@H]4C[C@H](O)CC[C@]4(C)[C@H]3CC[C@]12C. The van der Waals surface area contributed by atoms with Gasteiger partial charge in [0.05, 0.1) is 6.10 Å². The van der Waals surface area contributed by atoms with Crippen molar-refractivity contribution in [1.29, 1.82) is 0 Å². The fourth-order valence-electron chi connectivity index (χ4n) is 7.58. The number of carbonyl (C=O) groups excluding carboxylic acids is 1. The first kappa shape index (κ1) is 16.9. The van der Waals surface area contributed by atoms with Crippen LogP contribution in [0.1, 0.15) is 78.6 Å². The third-order valence-corrected chi connectivity index (χ3v) is 8.86. The van der Waals surface area contributed by atoms with Crippen molar-refractivity contribution in [2.24, 2.45) is 34.5 Å². The Morgan fingerprint density at radius 1 is 0.958 bits per heavy atom. The van der Waals surface area contributed by atoms with Crippen molar-refractivity contribution in [2.75, 3.05) is 0 Å². The van der Waals surface area contributed by atoms with Gasteiger partial charge in [0.2, 0.25) is 0 Å². The van der Waals surface area contributed by atoms with Crippen molar-refractivity contribution >= 4 is 5.97 Å². The van der Waals surface area contributed by atoms with Crippen LogP contribution in [0.2, 0.25) is 0 Å². The number of fused-ring (bicyclic) bond motifs is 5. The van der Waals surface area contributed by atoms with E-state index in [4.69, 9.17) is 4.74 Å². The minimum absolute atomic E-state index is 0.0618. The topological polar surface area (TPSA) is 46.5 Å². The highest BCUT2D eigenvalue weighted by atomic mass is 16.5. The fourth-order valence-corrected chi connectivity index (χ4v) is 7.58. The molecule has 0 spiro atoms. The van der Waals surface area contributed by atoms with E-state index in [2.05, 4.69) is 13.8 Å². The summed E-state index contributed by atoms with van der Waals surface area (Å²) in [6.07, 6.45) is 10.7. The zero-order valence-electron chi connectivity index (χ0n) is 15.6. The van der Waals surface area contributed by atoms with Gasteiger partial charge in [-0.15, -0.1) is 0 Å². The zero-order chi connectivity index (χ0) is 17.1. The third kappa shape index (κ3) is 2.37. The Bertz CT molecular complexity index is 517. The van der Waals surface area contributed by atoms with Gasteiger partial charge in [-0.05, 0) is 86.9 Å². The second-order valence-electron chi connectivity index (χ2n) is 9.81. The molecule has 3 heteroatoms. The molecule has 24 heavy (non-hydrogen) atoms. The summed E-state index contributed by atoms with van der Waals surface area (Å²) < 4.78 is 5.74. The number of esters is 1. The number of ether oxygens (including phenoxy) is 1. The van der Waals surface area contributed by atoms with Crippen LogP contribution in [0, 0.1) is 34.5 Å². The van der Waals surface area contributed by atoms with Crippen LogP contribution in [0.25, 0.3) is 0 Å². The number of hydrogen-bond acceptors (Lipinski definition) is 3. The molecular formula is C21H34O3. The maximum atomic E-state index is 11.5. The number of aliphatic hydroxyl groups is 1. The maximum absolute atomic E-state index is 11.5. The Hall–Kier alpha value is -0.570. The van der Waals surface area contributed by atoms with Crippen LogP contribution < -0.4 is 0 Å². The molecule has 1 N–H and O–H groups in total. The molecule has 0 radical (unpaired) electrons. The molecular weight excluding hydrogens is 300 g/mol. The first-order chi connectivity index (χ1) is 11.3. The summed E-state index contributed by atoms with van der Waals surface area (Å²) >= 11 is 0. The minimum atomic E-state index is -0.110. The predicted molar refractivity (Wildman–Crippen MR) is 93.3 cm³/mol. The van der Waals surface area contributed by atoms with Gasteiger partial charge in [0.15, 0.2) is 0 Å². The van der Waals surface area contributed by atoms with Crippen molar-refractivity contribution in [3.05, 3.63) is 0 Å². The van der Waals surface area contributed by atoms with E-state index in [1.165, 1.54) is 38.5 Å². The van der Waals surface area contributed by atoms with E-state index in [-0.39, 0.29) is 23.6 Å². The van der Waals surface area contributed by atoms with Gasteiger partial charge in [0.1, 0.15) is 6.10 Å². The van der Waals surface area contributed by atoms with E-state index in [0.29, 0.717) is 5.41 Å². The summed E-state index contributed by atoms with van der Waals surface area (Å²) in [6, 6.07) is 0. The maximum Gasteiger partial charge on any atom is 0.302 e. The third-order valence-electron chi connectivity index (χ3n) is 8.86. The Morgan fingerprint density at radius 2 is 1.67 bits per heavy atom. The number of hydrogen-bond donors (Lipinski definition) is 1. The summed E-state index contributed by atoms with van der Waals surface area (Å²) in [7, 11) is 0. The largest absolute Gasteiger partial charge is 0.462 e. The molecule has 4 aliphatic carbocycles. The smallest absolute Gasteiger partial charge is 0.302 e. The molecule has 136 valence electrons. The van der Waals surface area contributed by atoms with Crippen molar-refractivity contribution in [3.8, 4) is 0 Å². The molecule has 0 aliphatic heterocycles. The second kappa shape index (κ2) is 5.72. The fraction of sp³-hybridized carbons (Fsp3) is 0.952. The molecule has 3 nitrogen and oxygen atoms in total. The van der Waals surface area contributed by atoms with E-state index < -0.39 is 0 Å². The monoisotopic (exact) mass is 334 g/mol. The van der Waals surface area contributed by atoms with E-state index in [9.17, 15) is 9.90 Å². The molecule has 4 saturated carbocycles. The van der Waals surface area contributed by atoms with Gasteiger partial charge in [-0.25, -0.2) is 0 Å². The Morgan fingerprint density at radius 3 is 2.42 bits per heavy atom. The number of carbonyl (C=O) groups is 1. The average molecular weight is 335 g/mol. The van der Waals surface area contributed by atoms with Crippen LogP contribution in [0.3, 0.4) is 0 Å². The first-order valence-electron chi connectivity index (χ1n) is 10.2. The van der Waals surface area contributed by atoms with Crippen LogP contribution in [0.15, 0.2) is 0 Å². The van der Waals surface area contributed by atoms with E-state index in [0.717, 1.165) is 42.9 Å². The molecule has 8 atom stereocenters. The van der Waals surface area contributed by atoms with Crippen LogP contribution >= 0.6 is 0 Å². The van der Waals surface area contributed by atoms with Crippen molar-refractivity contribution in [1.82, 2.24) is 0 Å². The molecule has 0 aromatic rings. The van der Waals surface area contributed by atoms with Gasteiger partial charge in [-0.3, -0.25) is 4.79 Å². The van der Waals surface area contributed by atoms with Crippen LogP contribution in [-0.2, 0) is 9.53 Å². The molecule has 0 bridgehead atoms. The van der Waals surface area contributed by atoms with E-state index in [1.807, 2.05) is 0 Å². The van der Waals surface area contributed by atoms with Gasteiger partial charge in [-0.2, -0.15) is 0 Å². The average Bonchev–Trinajstić information content (AvgIpc) is 2.84. The van der Waals surface area contributed by atoms with Gasteiger partial charge >= 0.3 is 5.97 Å². The molecule has 4 rings (SSSR count). The van der Waals surface area contributed by atoms with Crippen molar-refractivity contribution < 1.29 is 14.6 Å². The Balaban J connectivity index is 1.57. The van der Waals surface area contributed by atoms with Gasteiger partial charge in [-0.1, -0.05) is 13.8 Å². The normalized spacial score (nSPS) is 53.7. The van der Waals surface area contributed by atoms with Crippen LogP contribution in [0.5, 0.6) is 0 Å². The van der Waals surface area contributed by atoms with Gasteiger partial charge in [0.25, 0.3) is 0 Å². The minimum Gasteiger partial charge on any atom is -0.462 e. The molecule has 4 fully saturated rings. The van der Waals surface area contributed by atoms with E-state index in [1.54, 1.807) is 6.92 Å². The van der Waals surface area contributed by atoms with Crippen molar-refractivity contribution in [3.63, 3.8) is 0 Å². The lowest BCUT2D eigenvalue weighted by molar-refractivity contribution is -0.163. The van der Waals surface area contributed by atoms with Crippen LogP contribution in [0.4, 0.5) is 0 Å². The highest BCUT2D eigenvalue weighted by molar-refractivity contribution is 5.66. The summed E-state index contributed by atoms with van der Waals surface area (Å²) in [6.45, 7) is 6.48. The zero-order valence-corrected chi connectivity index (χ0v) is 15.6. The Labute approximate surface area is 146 Å². The molecule has 0 saturated heterocycles. The highest BCUT2D eigenvalue weighted by Crippen LogP contribution is 2.66. The summed E-state index contributed by atoms with van der Waals surface area (Å²) in [5.74, 6) is 2.96. The van der Waals surface area contributed by atoms with Crippen LogP contribution in [-0.4, -0.2) is 23.3 Å². The number of aliphatic hydroxyl groups excluding tert-OH is 1. The van der Waals surface area contributed by atoms with E-state index >= 15 is 0 Å². The second-order valence-corrected chi connectivity index (χ2v) is 9.81. The van der Waals surface area contributed by atoms with Crippen molar-refractivity contribution in [2.45, 2.75) is 90.8 Å². The highest BCUT2D eigenvalue weighted by Gasteiger charge is 2.60. The summed E-state index contributed by atoms with van der Waals surface area (Å²) in [5.41, 5.74) is 0.632. The lowest BCUT2D eigenvalue weighted by Gasteiger charge is -2.60. The summed E-state index contributed by atoms with van der Waals surface area (Å²) in [5, 5.41) is 10.1. The molecule has 0 heterocycles. The quantitative estimate of drug-likeness (QED) is 0.726. The molecule has 0 amide bonds. The first-order valence-corrected chi connectivity index (χ1v) is 10.2.